The molecule has 16 heavy (non-hydrogen) atoms. The maximum atomic E-state index is 11.3. The van der Waals surface area contributed by atoms with E-state index in [1.807, 2.05) is 30.3 Å². The first kappa shape index (κ1) is 12.1. The maximum absolute atomic E-state index is 11.3. The lowest BCUT2D eigenvalue weighted by molar-refractivity contribution is -0.116. The molecule has 4 nitrogen and oxygen atoms in total. The number of hydrogen-bond donors (Lipinski definition) is 3. The Hall–Kier alpha value is -1.93. The van der Waals surface area contributed by atoms with Crippen LogP contribution < -0.4 is 10.6 Å². The summed E-state index contributed by atoms with van der Waals surface area (Å²) in [5.74, 6) is -0.462. The fourth-order valence-electron chi connectivity index (χ4n) is 1.06. The van der Waals surface area contributed by atoms with Crippen LogP contribution in [0.3, 0.4) is 0 Å². The van der Waals surface area contributed by atoms with E-state index in [1.54, 1.807) is 6.07 Å². The molecule has 2 N–H and O–H groups in total. The molecule has 0 aliphatic carbocycles. The van der Waals surface area contributed by atoms with Crippen LogP contribution in [0.1, 0.15) is 0 Å². The number of amides is 1. The van der Waals surface area contributed by atoms with Gasteiger partial charge >= 0.3 is 0 Å². The van der Waals surface area contributed by atoms with Gasteiger partial charge in [-0.3, -0.25) is 4.79 Å². The second kappa shape index (κ2) is 5.83. The van der Waals surface area contributed by atoms with E-state index in [4.69, 9.17) is 5.26 Å². The zero-order valence-corrected chi connectivity index (χ0v) is 9.58. The lowest BCUT2D eigenvalue weighted by atomic mass is 10.3. The Bertz CT molecular complexity index is 448. The van der Waals surface area contributed by atoms with E-state index in [2.05, 4.69) is 23.3 Å². The standard InChI is InChI=1S/C11H11N3OS/c1-13-10(15)9(7-12)11(16)14-8-5-3-2-4-6-8/h2-6,14,16H,1H3,(H,13,15)/b11-9+. The lowest BCUT2D eigenvalue weighted by Gasteiger charge is -2.07. The summed E-state index contributed by atoms with van der Waals surface area (Å²) >= 11 is 4.10. The monoisotopic (exact) mass is 233 g/mol. The largest absolute Gasteiger partial charge is 0.354 e. The second-order valence-corrected chi connectivity index (χ2v) is 3.35. The highest BCUT2D eigenvalue weighted by molar-refractivity contribution is 7.84. The van der Waals surface area contributed by atoms with Crippen molar-refractivity contribution in [1.29, 1.82) is 5.26 Å². The van der Waals surface area contributed by atoms with Crippen molar-refractivity contribution in [3.05, 3.63) is 40.9 Å². The zero-order valence-electron chi connectivity index (χ0n) is 8.69. The maximum Gasteiger partial charge on any atom is 0.264 e. The fourth-order valence-corrected chi connectivity index (χ4v) is 1.34. The topological polar surface area (TPSA) is 64.9 Å². The molecule has 5 heteroatoms. The summed E-state index contributed by atoms with van der Waals surface area (Å²) in [4.78, 5) is 11.3. The smallest absolute Gasteiger partial charge is 0.264 e. The van der Waals surface area contributed by atoms with E-state index in [-0.39, 0.29) is 10.6 Å². The molecule has 0 unspecified atom stereocenters. The highest BCUT2D eigenvalue weighted by atomic mass is 32.1. The third kappa shape index (κ3) is 3.04. The van der Waals surface area contributed by atoms with Crippen LogP contribution in [0, 0.1) is 11.3 Å². The summed E-state index contributed by atoms with van der Waals surface area (Å²) in [6.45, 7) is 0. The Morgan fingerprint density at radius 1 is 1.38 bits per heavy atom. The summed E-state index contributed by atoms with van der Waals surface area (Å²) in [5, 5.41) is 14.3. The Morgan fingerprint density at radius 2 is 2.00 bits per heavy atom. The first-order chi connectivity index (χ1) is 7.69. The number of carbonyl (C=O) groups excluding carboxylic acids is 1. The predicted molar refractivity (Wildman–Crippen MR) is 65.8 cm³/mol. The van der Waals surface area contributed by atoms with Crippen LogP contribution in [-0.4, -0.2) is 13.0 Å². The van der Waals surface area contributed by atoms with Crippen molar-refractivity contribution in [3.63, 3.8) is 0 Å². The minimum atomic E-state index is -0.462. The third-order valence-corrected chi connectivity index (χ3v) is 2.17. The molecule has 0 aromatic heterocycles. The highest BCUT2D eigenvalue weighted by Gasteiger charge is 2.11. The Labute approximate surface area is 99.4 Å². The molecule has 0 atom stereocenters. The first-order valence-corrected chi connectivity index (χ1v) is 5.01. The van der Waals surface area contributed by atoms with E-state index >= 15 is 0 Å². The molecule has 0 aliphatic heterocycles. The van der Waals surface area contributed by atoms with Crippen LogP contribution in [0.5, 0.6) is 0 Å². The molecule has 0 spiro atoms. The van der Waals surface area contributed by atoms with Crippen molar-refractivity contribution in [1.82, 2.24) is 5.32 Å². The van der Waals surface area contributed by atoms with Crippen molar-refractivity contribution in [2.45, 2.75) is 0 Å². The number of carbonyl (C=O) groups is 1. The summed E-state index contributed by atoms with van der Waals surface area (Å²) < 4.78 is 0. The molecule has 0 aliphatic rings. The summed E-state index contributed by atoms with van der Waals surface area (Å²) in [6, 6.07) is 11.0. The molecular weight excluding hydrogens is 222 g/mol. The van der Waals surface area contributed by atoms with Gasteiger partial charge in [0.2, 0.25) is 0 Å². The van der Waals surface area contributed by atoms with E-state index < -0.39 is 5.91 Å². The van der Waals surface area contributed by atoms with Crippen LogP contribution in [0.25, 0.3) is 0 Å². The molecule has 0 radical (unpaired) electrons. The number of para-hydroxylation sites is 1. The van der Waals surface area contributed by atoms with Gasteiger partial charge in [-0.15, -0.1) is 12.6 Å². The van der Waals surface area contributed by atoms with Gasteiger partial charge < -0.3 is 10.6 Å². The summed E-state index contributed by atoms with van der Waals surface area (Å²) in [6.07, 6.45) is 0. The number of anilines is 1. The Balaban J connectivity index is 2.92. The zero-order chi connectivity index (χ0) is 12.0. The molecule has 0 fully saturated rings. The van der Waals surface area contributed by atoms with E-state index in [1.165, 1.54) is 7.05 Å². The number of nitrogens with zero attached hydrogens (tertiary/aromatic N) is 1. The lowest BCUT2D eigenvalue weighted by Crippen LogP contribution is -2.21. The minimum Gasteiger partial charge on any atom is -0.354 e. The number of thiol groups is 1. The van der Waals surface area contributed by atoms with Crippen LogP contribution in [0.4, 0.5) is 5.69 Å². The molecule has 1 rings (SSSR count). The Morgan fingerprint density at radius 3 is 2.50 bits per heavy atom. The van der Waals surface area contributed by atoms with E-state index in [0.29, 0.717) is 0 Å². The summed E-state index contributed by atoms with van der Waals surface area (Å²) in [5.41, 5.74) is 0.721. The van der Waals surface area contributed by atoms with Crippen molar-refractivity contribution in [2.75, 3.05) is 12.4 Å². The number of nitriles is 1. The fraction of sp³-hybridized carbons (Fsp3) is 0.0909. The van der Waals surface area contributed by atoms with E-state index in [9.17, 15) is 4.79 Å². The van der Waals surface area contributed by atoms with Gasteiger partial charge in [-0.1, -0.05) is 18.2 Å². The van der Waals surface area contributed by atoms with Gasteiger partial charge in [0.1, 0.15) is 11.6 Å². The van der Waals surface area contributed by atoms with Crippen LogP contribution in [0.2, 0.25) is 0 Å². The quantitative estimate of drug-likeness (QED) is 0.421. The number of benzene rings is 1. The van der Waals surface area contributed by atoms with E-state index in [0.717, 1.165) is 5.69 Å². The van der Waals surface area contributed by atoms with Crippen molar-refractivity contribution >= 4 is 24.2 Å². The molecular formula is C11H11N3OS. The molecule has 0 heterocycles. The van der Waals surface area contributed by atoms with Crippen LogP contribution >= 0.6 is 12.6 Å². The van der Waals surface area contributed by atoms with Gasteiger partial charge in [-0.25, -0.2) is 0 Å². The van der Waals surface area contributed by atoms with Crippen molar-refractivity contribution < 1.29 is 4.79 Å². The second-order valence-electron chi connectivity index (χ2n) is 2.91. The van der Waals surface area contributed by atoms with Crippen molar-refractivity contribution in [3.8, 4) is 6.07 Å². The normalized spacial score (nSPS) is 11.1. The Kier molecular flexibility index (Phi) is 4.42. The average Bonchev–Trinajstić information content (AvgIpc) is 2.31. The number of rotatable bonds is 3. The number of hydrogen-bond acceptors (Lipinski definition) is 4. The van der Waals surface area contributed by atoms with Crippen LogP contribution in [-0.2, 0) is 4.79 Å². The third-order valence-electron chi connectivity index (χ3n) is 1.84. The average molecular weight is 233 g/mol. The molecule has 1 aromatic rings. The van der Waals surface area contributed by atoms with Gasteiger partial charge in [0, 0.05) is 12.7 Å². The SMILES string of the molecule is CNC(=O)/C(C#N)=C(/S)Nc1ccccc1. The molecule has 0 saturated carbocycles. The molecule has 82 valence electrons. The van der Waals surface area contributed by atoms with Gasteiger partial charge in [0.05, 0.1) is 5.03 Å². The highest BCUT2D eigenvalue weighted by Crippen LogP contribution is 2.14. The van der Waals surface area contributed by atoms with Gasteiger partial charge in [0.25, 0.3) is 5.91 Å². The van der Waals surface area contributed by atoms with Gasteiger partial charge in [0.15, 0.2) is 0 Å². The minimum absolute atomic E-state index is 0.0466. The van der Waals surface area contributed by atoms with Gasteiger partial charge in [-0.2, -0.15) is 5.26 Å². The molecule has 1 aromatic carbocycles. The number of likely N-dealkylation sites (N-methyl/N-ethyl adjacent to an activating group) is 1. The molecule has 0 bridgehead atoms. The van der Waals surface area contributed by atoms with Crippen LogP contribution in [0.15, 0.2) is 40.9 Å². The first-order valence-electron chi connectivity index (χ1n) is 4.56. The molecule has 1 amide bonds. The van der Waals surface area contributed by atoms with Gasteiger partial charge in [-0.05, 0) is 12.1 Å². The van der Waals surface area contributed by atoms with Crippen molar-refractivity contribution in [2.24, 2.45) is 0 Å². The summed E-state index contributed by atoms with van der Waals surface area (Å²) in [7, 11) is 1.46. The predicted octanol–water partition coefficient (Wildman–Crippen LogP) is 1.51. The number of nitrogens with one attached hydrogen (secondary N) is 2. The molecule has 0 saturated heterocycles.